The van der Waals surface area contributed by atoms with E-state index in [2.05, 4.69) is 34.3 Å². The Bertz CT molecular complexity index is 331. The molecular weight excluding hydrogens is 264 g/mol. The molecule has 0 bridgehead atoms. The van der Waals surface area contributed by atoms with Gasteiger partial charge in [0.1, 0.15) is 11.6 Å². The zero-order chi connectivity index (χ0) is 13.9. The van der Waals surface area contributed by atoms with Crippen LogP contribution in [0.1, 0.15) is 18.9 Å². The fraction of sp³-hybridized carbons (Fsp3) is 0.833. The normalized spacial score (nSPS) is 11.2. The topological polar surface area (TPSA) is 59.5 Å². The maximum atomic E-state index is 5.60. The predicted octanol–water partition coefficient (Wildman–Crippen LogP) is 0.995. The van der Waals surface area contributed by atoms with Crippen molar-refractivity contribution in [1.82, 2.24) is 20.4 Å². The molecule has 0 atom stereocenters. The quantitative estimate of drug-likeness (QED) is 0.613. The Morgan fingerprint density at radius 2 is 2.00 bits per heavy atom. The lowest BCUT2D eigenvalue weighted by Crippen LogP contribution is -2.27. The fourth-order valence-corrected chi connectivity index (χ4v) is 2.22. The molecule has 0 spiro atoms. The predicted molar refractivity (Wildman–Crippen MR) is 76.8 cm³/mol. The van der Waals surface area contributed by atoms with Crippen molar-refractivity contribution >= 4 is 11.3 Å². The van der Waals surface area contributed by atoms with Gasteiger partial charge in [0.2, 0.25) is 0 Å². The van der Waals surface area contributed by atoms with E-state index in [4.69, 9.17) is 9.47 Å². The van der Waals surface area contributed by atoms with Crippen LogP contribution in [0.4, 0.5) is 0 Å². The molecule has 0 saturated carbocycles. The standard InChI is InChI=1S/C12H24N4O2S/c1-4-16(5-2)7-9-18-12-15-14-11(19-12)10-13-6-8-17-3/h13H,4-10H2,1-3H3. The average molecular weight is 288 g/mol. The Morgan fingerprint density at radius 3 is 2.68 bits per heavy atom. The van der Waals surface area contributed by atoms with Gasteiger partial charge in [0, 0.05) is 26.7 Å². The molecule has 1 aromatic rings. The Hall–Kier alpha value is -0.760. The lowest BCUT2D eigenvalue weighted by molar-refractivity contribution is 0.199. The summed E-state index contributed by atoms with van der Waals surface area (Å²) in [6, 6.07) is 0. The molecule has 110 valence electrons. The molecule has 0 aliphatic carbocycles. The third-order valence-electron chi connectivity index (χ3n) is 2.73. The van der Waals surface area contributed by atoms with E-state index in [9.17, 15) is 0 Å². The van der Waals surface area contributed by atoms with Gasteiger partial charge in [0.15, 0.2) is 0 Å². The fourth-order valence-electron chi connectivity index (χ4n) is 1.54. The Labute approximate surface area is 119 Å². The van der Waals surface area contributed by atoms with E-state index in [-0.39, 0.29) is 0 Å². The number of hydrogen-bond donors (Lipinski definition) is 1. The molecule has 1 rings (SSSR count). The molecule has 1 N–H and O–H groups in total. The number of nitrogens with zero attached hydrogens (tertiary/aromatic N) is 3. The van der Waals surface area contributed by atoms with Crippen molar-refractivity contribution in [2.45, 2.75) is 20.4 Å². The number of methoxy groups -OCH3 is 1. The van der Waals surface area contributed by atoms with Crippen LogP contribution >= 0.6 is 11.3 Å². The molecule has 1 aromatic heterocycles. The summed E-state index contributed by atoms with van der Waals surface area (Å²) in [5, 5.41) is 12.9. The van der Waals surface area contributed by atoms with Crippen molar-refractivity contribution in [3.05, 3.63) is 5.01 Å². The van der Waals surface area contributed by atoms with Gasteiger partial charge in [-0.15, -0.1) is 10.2 Å². The van der Waals surface area contributed by atoms with Gasteiger partial charge >= 0.3 is 0 Å². The van der Waals surface area contributed by atoms with E-state index in [1.165, 1.54) is 11.3 Å². The first-order valence-electron chi connectivity index (χ1n) is 6.67. The summed E-state index contributed by atoms with van der Waals surface area (Å²) in [6.45, 7) is 10.2. The van der Waals surface area contributed by atoms with Crippen LogP contribution in [0, 0.1) is 0 Å². The largest absolute Gasteiger partial charge is 0.468 e. The summed E-state index contributed by atoms with van der Waals surface area (Å²) in [5.41, 5.74) is 0. The van der Waals surface area contributed by atoms with Gasteiger partial charge in [-0.3, -0.25) is 0 Å². The van der Waals surface area contributed by atoms with Gasteiger partial charge in [0.25, 0.3) is 5.19 Å². The first kappa shape index (κ1) is 16.3. The zero-order valence-corrected chi connectivity index (χ0v) is 12.8. The monoisotopic (exact) mass is 288 g/mol. The van der Waals surface area contributed by atoms with Crippen LogP contribution in [0.3, 0.4) is 0 Å². The van der Waals surface area contributed by atoms with Crippen LogP contribution in [0.2, 0.25) is 0 Å². The third-order valence-corrected chi connectivity index (χ3v) is 3.57. The molecule has 0 saturated heterocycles. The van der Waals surface area contributed by atoms with Crippen LogP contribution in [0.25, 0.3) is 0 Å². The molecule has 0 unspecified atom stereocenters. The van der Waals surface area contributed by atoms with Crippen molar-refractivity contribution in [2.24, 2.45) is 0 Å². The van der Waals surface area contributed by atoms with Crippen molar-refractivity contribution in [3.8, 4) is 5.19 Å². The van der Waals surface area contributed by atoms with Gasteiger partial charge in [0.05, 0.1) is 6.61 Å². The Morgan fingerprint density at radius 1 is 1.21 bits per heavy atom. The highest BCUT2D eigenvalue weighted by atomic mass is 32.1. The highest BCUT2D eigenvalue weighted by Crippen LogP contribution is 2.17. The van der Waals surface area contributed by atoms with E-state index in [0.717, 1.165) is 31.2 Å². The van der Waals surface area contributed by atoms with Gasteiger partial charge in [-0.05, 0) is 13.1 Å². The van der Waals surface area contributed by atoms with Gasteiger partial charge < -0.3 is 19.7 Å². The second kappa shape index (κ2) is 10.1. The number of ether oxygens (including phenoxy) is 2. The van der Waals surface area contributed by atoms with Crippen molar-refractivity contribution < 1.29 is 9.47 Å². The minimum Gasteiger partial charge on any atom is -0.468 e. The molecule has 0 aliphatic heterocycles. The number of rotatable bonds is 11. The van der Waals surface area contributed by atoms with Gasteiger partial charge in [-0.25, -0.2) is 0 Å². The van der Waals surface area contributed by atoms with Gasteiger partial charge in [-0.1, -0.05) is 25.2 Å². The van der Waals surface area contributed by atoms with E-state index < -0.39 is 0 Å². The van der Waals surface area contributed by atoms with Crippen molar-refractivity contribution in [3.63, 3.8) is 0 Å². The summed E-state index contributed by atoms with van der Waals surface area (Å²) in [6.07, 6.45) is 0. The highest BCUT2D eigenvalue weighted by molar-refractivity contribution is 7.13. The van der Waals surface area contributed by atoms with Crippen molar-refractivity contribution in [2.75, 3.05) is 46.5 Å². The summed E-state index contributed by atoms with van der Waals surface area (Å²) < 4.78 is 10.6. The molecule has 0 aromatic carbocycles. The second-order valence-electron chi connectivity index (χ2n) is 4.01. The summed E-state index contributed by atoms with van der Waals surface area (Å²) in [4.78, 5) is 2.31. The number of nitrogens with one attached hydrogen (secondary N) is 1. The Kier molecular flexibility index (Phi) is 8.64. The van der Waals surface area contributed by atoms with E-state index in [1.54, 1.807) is 7.11 Å². The number of likely N-dealkylation sites (N-methyl/N-ethyl adjacent to an activating group) is 1. The van der Waals surface area contributed by atoms with Crippen LogP contribution in [-0.4, -0.2) is 61.6 Å². The summed E-state index contributed by atoms with van der Waals surface area (Å²) in [7, 11) is 1.69. The number of aromatic nitrogens is 2. The smallest absolute Gasteiger partial charge is 0.294 e. The lowest BCUT2D eigenvalue weighted by Gasteiger charge is -2.16. The number of hydrogen-bond acceptors (Lipinski definition) is 7. The summed E-state index contributed by atoms with van der Waals surface area (Å²) in [5.74, 6) is 0. The van der Waals surface area contributed by atoms with Crippen molar-refractivity contribution in [1.29, 1.82) is 0 Å². The second-order valence-corrected chi connectivity index (χ2v) is 5.03. The Balaban J connectivity index is 2.19. The molecule has 1 heterocycles. The molecule has 0 fully saturated rings. The van der Waals surface area contributed by atoms with E-state index in [1.807, 2.05) is 0 Å². The SMILES string of the molecule is CCN(CC)CCOc1nnc(CNCCOC)s1. The lowest BCUT2D eigenvalue weighted by atomic mass is 10.5. The molecule has 0 amide bonds. The maximum Gasteiger partial charge on any atom is 0.294 e. The van der Waals surface area contributed by atoms with Crippen LogP contribution in [-0.2, 0) is 11.3 Å². The minimum absolute atomic E-state index is 0.649. The van der Waals surface area contributed by atoms with E-state index >= 15 is 0 Å². The van der Waals surface area contributed by atoms with Gasteiger partial charge in [-0.2, -0.15) is 0 Å². The molecule has 19 heavy (non-hydrogen) atoms. The van der Waals surface area contributed by atoms with Crippen LogP contribution in [0.5, 0.6) is 5.19 Å². The van der Waals surface area contributed by atoms with Crippen LogP contribution < -0.4 is 10.1 Å². The first-order chi connectivity index (χ1) is 9.30. The molecular formula is C12H24N4O2S. The minimum atomic E-state index is 0.649. The zero-order valence-electron chi connectivity index (χ0n) is 12.0. The molecule has 0 aliphatic rings. The molecule has 7 heteroatoms. The first-order valence-corrected chi connectivity index (χ1v) is 7.49. The van der Waals surface area contributed by atoms with E-state index in [0.29, 0.717) is 25.0 Å². The maximum absolute atomic E-state index is 5.60. The summed E-state index contributed by atoms with van der Waals surface area (Å²) >= 11 is 1.49. The highest BCUT2D eigenvalue weighted by Gasteiger charge is 2.05. The molecule has 6 nitrogen and oxygen atoms in total. The van der Waals surface area contributed by atoms with Crippen LogP contribution in [0.15, 0.2) is 0 Å². The third kappa shape index (κ3) is 6.81. The average Bonchev–Trinajstić information content (AvgIpc) is 2.88. The molecule has 0 radical (unpaired) electrons.